The predicted molar refractivity (Wildman–Crippen MR) is 138 cm³/mol. The van der Waals surface area contributed by atoms with Gasteiger partial charge in [0.2, 0.25) is 21.8 Å². The molecular formula is C24H31Cl2N3O4S. The highest BCUT2D eigenvalue weighted by Crippen LogP contribution is 2.23. The van der Waals surface area contributed by atoms with E-state index in [-0.39, 0.29) is 12.5 Å². The quantitative estimate of drug-likeness (QED) is 0.412. The van der Waals surface area contributed by atoms with Crippen molar-refractivity contribution in [3.8, 4) is 0 Å². The van der Waals surface area contributed by atoms with Crippen molar-refractivity contribution in [2.75, 3.05) is 23.7 Å². The highest BCUT2D eigenvalue weighted by atomic mass is 35.5. The van der Waals surface area contributed by atoms with Crippen LogP contribution in [0.1, 0.15) is 38.7 Å². The van der Waals surface area contributed by atoms with Gasteiger partial charge in [0.05, 0.1) is 11.9 Å². The summed E-state index contributed by atoms with van der Waals surface area (Å²) in [5, 5.41) is 3.78. The number of amides is 2. The standard InChI is InChI=1S/C24H31Cl2N3O4S/c1-4-6-15-27-24(31)22(5-2)28(16-18-9-7-8-10-21(18)26)23(30)17-29(34(3,32)33)20-13-11-19(25)12-14-20/h7-14,22H,4-6,15-17H2,1-3H3,(H,27,31)/t22-/m0/s1. The zero-order valence-corrected chi connectivity index (χ0v) is 22.0. The van der Waals surface area contributed by atoms with E-state index in [9.17, 15) is 18.0 Å². The highest BCUT2D eigenvalue weighted by molar-refractivity contribution is 7.92. The first kappa shape index (κ1) is 28.0. The van der Waals surface area contributed by atoms with Crippen molar-refractivity contribution < 1.29 is 18.0 Å². The van der Waals surface area contributed by atoms with Crippen molar-refractivity contribution in [2.45, 2.75) is 45.7 Å². The van der Waals surface area contributed by atoms with E-state index < -0.39 is 28.5 Å². The van der Waals surface area contributed by atoms with E-state index in [4.69, 9.17) is 23.2 Å². The molecule has 0 aliphatic heterocycles. The minimum atomic E-state index is -3.79. The van der Waals surface area contributed by atoms with Crippen molar-refractivity contribution in [3.05, 3.63) is 64.1 Å². The maximum Gasteiger partial charge on any atom is 0.244 e. The lowest BCUT2D eigenvalue weighted by atomic mass is 10.1. The molecule has 10 heteroatoms. The Morgan fingerprint density at radius 3 is 2.24 bits per heavy atom. The van der Waals surface area contributed by atoms with Gasteiger partial charge in [-0.15, -0.1) is 0 Å². The van der Waals surface area contributed by atoms with Crippen molar-refractivity contribution in [1.29, 1.82) is 0 Å². The van der Waals surface area contributed by atoms with Crippen LogP contribution in [0.5, 0.6) is 0 Å². The molecule has 0 radical (unpaired) electrons. The second-order valence-corrected chi connectivity index (χ2v) is 10.7. The smallest absolute Gasteiger partial charge is 0.244 e. The molecule has 0 heterocycles. The largest absolute Gasteiger partial charge is 0.354 e. The Labute approximate surface area is 212 Å². The molecule has 0 spiro atoms. The first-order chi connectivity index (χ1) is 16.1. The molecule has 0 saturated heterocycles. The van der Waals surface area contributed by atoms with Crippen molar-refractivity contribution >= 4 is 50.7 Å². The van der Waals surface area contributed by atoms with Crippen LogP contribution in [0.3, 0.4) is 0 Å². The number of sulfonamides is 1. The van der Waals surface area contributed by atoms with Crippen LogP contribution < -0.4 is 9.62 Å². The van der Waals surface area contributed by atoms with Gasteiger partial charge in [0, 0.05) is 23.1 Å². The average Bonchev–Trinajstić information content (AvgIpc) is 2.78. The summed E-state index contributed by atoms with van der Waals surface area (Å²) in [4.78, 5) is 27.9. The topological polar surface area (TPSA) is 86.8 Å². The Morgan fingerprint density at radius 1 is 1.03 bits per heavy atom. The molecule has 2 rings (SSSR count). The summed E-state index contributed by atoms with van der Waals surface area (Å²) >= 11 is 12.3. The van der Waals surface area contributed by atoms with Gasteiger partial charge in [-0.1, -0.05) is 61.7 Å². The van der Waals surface area contributed by atoms with Crippen LogP contribution in [0, 0.1) is 0 Å². The molecule has 0 bridgehead atoms. The lowest BCUT2D eigenvalue weighted by Gasteiger charge is -2.33. The molecule has 0 saturated carbocycles. The molecule has 0 aromatic heterocycles. The van der Waals surface area contributed by atoms with Crippen LogP contribution in [-0.2, 0) is 26.2 Å². The third kappa shape index (κ3) is 7.89. The Hall–Kier alpha value is -2.29. The summed E-state index contributed by atoms with van der Waals surface area (Å²) in [6.45, 7) is 3.93. The van der Waals surface area contributed by atoms with E-state index in [0.29, 0.717) is 34.3 Å². The fourth-order valence-electron chi connectivity index (χ4n) is 3.46. The number of nitrogens with one attached hydrogen (secondary N) is 1. The third-order valence-corrected chi connectivity index (χ3v) is 7.07. The van der Waals surface area contributed by atoms with Gasteiger partial charge in [-0.25, -0.2) is 8.42 Å². The maximum atomic E-state index is 13.6. The van der Waals surface area contributed by atoms with Crippen LogP contribution in [0.15, 0.2) is 48.5 Å². The van der Waals surface area contributed by atoms with Gasteiger partial charge in [0.25, 0.3) is 0 Å². The minimum absolute atomic E-state index is 0.0659. The molecule has 0 aliphatic carbocycles. The van der Waals surface area contributed by atoms with E-state index in [1.165, 1.54) is 17.0 Å². The number of nitrogens with zero attached hydrogens (tertiary/aromatic N) is 2. The summed E-state index contributed by atoms with van der Waals surface area (Å²) in [5.41, 5.74) is 0.966. The number of anilines is 1. The monoisotopic (exact) mass is 527 g/mol. The van der Waals surface area contributed by atoms with Gasteiger partial charge >= 0.3 is 0 Å². The Morgan fingerprint density at radius 2 is 1.68 bits per heavy atom. The molecule has 1 atom stereocenters. The molecule has 34 heavy (non-hydrogen) atoms. The van der Waals surface area contributed by atoms with E-state index >= 15 is 0 Å². The molecule has 186 valence electrons. The molecule has 2 amide bonds. The Bertz CT molecular complexity index is 1080. The normalized spacial score (nSPS) is 12.1. The van der Waals surface area contributed by atoms with Gasteiger partial charge in [0.15, 0.2) is 0 Å². The van der Waals surface area contributed by atoms with Crippen LogP contribution in [0.2, 0.25) is 10.0 Å². The molecular weight excluding hydrogens is 497 g/mol. The lowest BCUT2D eigenvalue weighted by molar-refractivity contribution is -0.140. The summed E-state index contributed by atoms with van der Waals surface area (Å²) < 4.78 is 26.1. The van der Waals surface area contributed by atoms with Crippen molar-refractivity contribution in [2.24, 2.45) is 0 Å². The summed E-state index contributed by atoms with van der Waals surface area (Å²) in [7, 11) is -3.79. The third-order valence-electron chi connectivity index (χ3n) is 5.31. The molecule has 0 fully saturated rings. The van der Waals surface area contributed by atoms with Crippen LogP contribution >= 0.6 is 23.2 Å². The summed E-state index contributed by atoms with van der Waals surface area (Å²) in [6, 6.07) is 12.4. The van der Waals surface area contributed by atoms with E-state index in [2.05, 4.69) is 5.32 Å². The number of hydrogen-bond acceptors (Lipinski definition) is 4. The van der Waals surface area contributed by atoms with Crippen LogP contribution in [-0.4, -0.2) is 50.5 Å². The van der Waals surface area contributed by atoms with Gasteiger partial charge in [-0.2, -0.15) is 0 Å². The lowest BCUT2D eigenvalue weighted by Crippen LogP contribution is -2.52. The number of hydrogen-bond donors (Lipinski definition) is 1. The van der Waals surface area contributed by atoms with Gasteiger partial charge < -0.3 is 10.2 Å². The Balaban J connectivity index is 2.40. The molecule has 7 nitrogen and oxygen atoms in total. The number of rotatable bonds is 12. The van der Waals surface area contributed by atoms with Gasteiger partial charge in [-0.3, -0.25) is 13.9 Å². The molecule has 1 N–H and O–H groups in total. The predicted octanol–water partition coefficient (Wildman–Crippen LogP) is 4.48. The second kappa shape index (κ2) is 13.0. The zero-order valence-electron chi connectivity index (χ0n) is 19.6. The fraction of sp³-hybridized carbons (Fsp3) is 0.417. The first-order valence-electron chi connectivity index (χ1n) is 11.1. The molecule has 2 aromatic rings. The van der Waals surface area contributed by atoms with E-state index in [1.54, 1.807) is 36.4 Å². The van der Waals surface area contributed by atoms with Gasteiger partial charge in [-0.05, 0) is 48.7 Å². The average molecular weight is 529 g/mol. The minimum Gasteiger partial charge on any atom is -0.354 e. The fourth-order valence-corrected chi connectivity index (χ4v) is 4.63. The second-order valence-electron chi connectivity index (χ2n) is 7.93. The number of carbonyl (C=O) groups excluding carboxylic acids is 2. The SMILES string of the molecule is CCCCNC(=O)[C@H](CC)N(Cc1ccccc1Cl)C(=O)CN(c1ccc(Cl)cc1)S(C)(=O)=O. The number of carbonyl (C=O) groups is 2. The highest BCUT2D eigenvalue weighted by Gasteiger charge is 2.31. The van der Waals surface area contributed by atoms with Gasteiger partial charge in [0.1, 0.15) is 12.6 Å². The molecule has 0 unspecified atom stereocenters. The van der Waals surface area contributed by atoms with E-state index in [0.717, 1.165) is 23.4 Å². The summed E-state index contributed by atoms with van der Waals surface area (Å²) in [6.07, 6.45) is 3.12. The van der Waals surface area contributed by atoms with Crippen molar-refractivity contribution in [3.63, 3.8) is 0 Å². The number of unbranched alkanes of at least 4 members (excludes halogenated alkanes) is 1. The summed E-state index contributed by atoms with van der Waals surface area (Å²) in [5.74, 6) is -0.800. The zero-order chi connectivity index (χ0) is 25.3. The number of halogens is 2. The number of benzene rings is 2. The maximum absolute atomic E-state index is 13.6. The Kier molecular flexibility index (Phi) is 10.7. The first-order valence-corrected chi connectivity index (χ1v) is 13.7. The molecule has 0 aliphatic rings. The van der Waals surface area contributed by atoms with Crippen LogP contribution in [0.25, 0.3) is 0 Å². The molecule has 2 aromatic carbocycles. The van der Waals surface area contributed by atoms with E-state index in [1.807, 2.05) is 13.8 Å². The van der Waals surface area contributed by atoms with Crippen molar-refractivity contribution in [1.82, 2.24) is 10.2 Å². The van der Waals surface area contributed by atoms with Crippen LogP contribution in [0.4, 0.5) is 5.69 Å².